The van der Waals surface area contributed by atoms with E-state index in [0.29, 0.717) is 6.54 Å². The second kappa shape index (κ2) is 9.73. The predicted octanol–water partition coefficient (Wildman–Crippen LogP) is 3.15. The molecule has 0 bridgehead atoms. The molecule has 1 atom stereocenters. The van der Waals surface area contributed by atoms with E-state index in [4.69, 9.17) is 4.74 Å². The molecule has 2 amide bonds. The number of amides is 2. The molecule has 0 spiro atoms. The number of hydrogen-bond acceptors (Lipinski definition) is 4. The van der Waals surface area contributed by atoms with Crippen LogP contribution >= 0.6 is 0 Å². The summed E-state index contributed by atoms with van der Waals surface area (Å²) in [5.41, 5.74) is 6.99. The van der Waals surface area contributed by atoms with Crippen molar-refractivity contribution in [1.29, 1.82) is 0 Å². The third-order valence-corrected chi connectivity index (χ3v) is 3.95. The Hall–Kier alpha value is -2.86. The van der Waals surface area contributed by atoms with Crippen molar-refractivity contribution < 1.29 is 14.3 Å². The molecule has 0 radical (unpaired) electrons. The predicted molar refractivity (Wildman–Crippen MR) is 104 cm³/mol. The van der Waals surface area contributed by atoms with Gasteiger partial charge in [0.25, 0.3) is 5.91 Å². The Kier molecular flexibility index (Phi) is 7.37. The molecule has 2 aromatic rings. The van der Waals surface area contributed by atoms with Crippen LogP contribution < -0.4 is 16.2 Å². The number of hydrogen-bond donors (Lipinski definition) is 3. The normalized spacial score (nSPS) is 12.1. The number of benzene rings is 2. The first kappa shape index (κ1) is 20.5. The zero-order valence-corrected chi connectivity index (χ0v) is 16.0. The third kappa shape index (κ3) is 7.11. The smallest absolute Gasteiger partial charge is 0.408 e. The molecule has 0 saturated heterocycles. The van der Waals surface area contributed by atoms with Crippen LogP contribution in [0.2, 0.25) is 0 Å². The standard InChI is InChI=1S/C21H27N3O3/c1-21(2,3)18(19(25)24-22-14-16-10-6-4-7-11-16)23-20(26)27-15-17-12-8-5-9-13-17/h4-13,18,22H,14-15H2,1-3H3,(H,23,26)(H,24,25)/t18-/m1/s1. The molecule has 0 fully saturated rings. The van der Waals surface area contributed by atoms with Gasteiger partial charge in [0, 0.05) is 6.54 Å². The van der Waals surface area contributed by atoms with Crippen LogP contribution in [0.25, 0.3) is 0 Å². The summed E-state index contributed by atoms with van der Waals surface area (Å²) in [7, 11) is 0. The minimum absolute atomic E-state index is 0.150. The number of carbonyl (C=O) groups excluding carboxylic acids is 2. The van der Waals surface area contributed by atoms with Crippen molar-refractivity contribution in [2.24, 2.45) is 5.41 Å². The lowest BCUT2D eigenvalue weighted by Crippen LogP contribution is -2.56. The molecule has 0 aromatic heterocycles. The van der Waals surface area contributed by atoms with Gasteiger partial charge in [-0.3, -0.25) is 10.2 Å². The zero-order chi connectivity index (χ0) is 19.7. The van der Waals surface area contributed by atoms with Gasteiger partial charge >= 0.3 is 6.09 Å². The SMILES string of the molecule is CC(C)(C)[C@H](NC(=O)OCc1ccccc1)C(=O)NNCc1ccccc1. The van der Waals surface area contributed by atoms with E-state index >= 15 is 0 Å². The minimum atomic E-state index is -0.746. The number of nitrogens with one attached hydrogen (secondary N) is 3. The Labute approximate surface area is 160 Å². The summed E-state index contributed by atoms with van der Waals surface area (Å²) < 4.78 is 5.23. The lowest BCUT2D eigenvalue weighted by molar-refractivity contribution is -0.126. The van der Waals surface area contributed by atoms with Gasteiger partial charge in [-0.05, 0) is 16.5 Å². The Balaban J connectivity index is 1.86. The molecule has 2 aromatic carbocycles. The van der Waals surface area contributed by atoms with Crippen LogP contribution in [0.1, 0.15) is 31.9 Å². The number of hydrazine groups is 1. The summed E-state index contributed by atoms with van der Waals surface area (Å²) in [5.74, 6) is -0.324. The van der Waals surface area contributed by atoms with Gasteiger partial charge in [0.15, 0.2) is 0 Å². The summed E-state index contributed by atoms with van der Waals surface area (Å²) in [4.78, 5) is 24.7. The maximum atomic E-state index is 12.5. The van der Waals surface area contributed by atoms with Crippen molar-refractivity contribution in [3.63, 3.8) is 0 Å². The van der Waals surface area contributed by atoms with Crippen LogP contribution in [0.15, 0.2) is 60.7 Å². The summed E-state index contributed by atoms with van der Waals surface area (Å²) in [6, 6.07) is 18.4. The van der Waals surface area contributed by atoms with Gasteiger partial charge in [0.1, 0.15) is 12.6 Å². The van der Waals surface area contributed by atoms with Crippen LogP contribution in [0.3, 0.4) is 0 Å². The van der Waals surface area contributed by atoms with Crippen LogP contribution in [0.4, 0.5) is 4.79 Å². The van der Waals surface area contributed by atoms with Crippen LogP contribution in [0.5, 0.6) is 0 Å². The maximum absolute atomic E-state index is 12.5. The Morgan fingerprint density at radius 2 is 1.48 bits per heavy atom. The summed E-state index contributed by atoms with van der Waals surface area (Å²) in [6.45, 7) is 6.28. The monoisotopic (exact) mass is 369 g/mol. The maximum Gasteiger partial charge on any atom is 0.408 e. The second-order valence-electron chi connectivity index (χ2n) is 7.33. The van der Waals surface area contributed by atoms with Gasteiger partial charge in [-0.2, -0.15) is 0 Å². The molecule has 0 heterocycles. The highest BCUT2D eigenvalue weighted by Crippen LogP contribution is 2.19. The largest absolute Gasteiger partial charge is 0.445 e. The minimum Gasteiger partial charge on any atom is -0.445 e. The number of rotatable bonds is 7. The lowest BCUT2D eigenvalue weighted by Gasteiger charge is -2.30. The van der Waals surface area contributed by atoms with E-state index in [2.05, 4.69) is 16.2 Å². The third-order valence-electron chi connectivity index (χ3n) is 3.95. The fourth-order valence-electron chi connectivity index (χ4n) is 2.46. The molecule has 144 valence electrons. The molecule has 2 rings (SSSR count). The number of ether oxygens (including phenoxy) is 1. The highest BCUT2D eigenvalue weighted by atomic mass is 16.5. The highest BCUT2D eigenvalue weighted by Gasteiger charge is 2.33. The number of carbonyl (C=O) groups is 2. The van der Waals surface area contributed by atoms with E-state index < -0.39 is 17.6 Å². The first-order valence-corrected chi connectivity index (χ1v) is 8.90. The van der Waals surface area contributed by atoms with Crippen LogP contribution in [-0.4, -0.2) is 18.0 Å². The zero-order valence-electron chi connectivity index (χ0n) is 16.0. The molecule has 6 heteroatoms. The average Bonchev–Trinajstić information content (AvgIpc) is 2.65. The molecule has 0 aliphatic carbocycles. The molecule has 0 aliphatic rings. The second-order valence-corrected chi connectivity index (χ2v) is 7.33. The Morgan fingerprint density at radius 3 is 2.04 bits per heavy atom. The first-order valence-electron chi connectivity index (χ1n) is 8.90. The van der Waals surface area contributed by atoms with Gasteiger partial charge in [0.2, 0.25) is 0 Å². The molecule has 0 aliphatic heterocycles. The highest BCUT2D eigenvalue weighted by molar-refractivity contribution is 5.86. The number of alkyl carbamates (subject to hydrolysis) is 1. The van der Waals surface area contributed by atoms with Crippen LogP contribution in [-0.2, 0) is 22.7 Å². The molecule has 3 N–H and O–H groups in total. The van der Waals surface area contributed by atoms with Crippen LogP contribution in [0, 0.1) is 5.41 Å². The van der Waals surface area contributed by atoms with Crippen molar-refractivity contribution in [2.75, 3.05) is 0 Å². The van der Waals surface area contributed by atoms with Gasteiger partial charge in [-0.1, -0.05) is 81.4 Å². The molecule has 0 saturated carbocycles. The molecule has 0 unspecified atom stereocenters. The quantitative estimate of drug-likeness (QED) is 0.655. The molecule has 6 nitrogen and oxygen atoms in total. The Morgan fingerprint density at radius 1 is 0.926 bits per heavy atom. The molecular weight excluding hydrogens is 342 g/mol. The Bertz CT molecular complexity index is 727. The van der Waals surface area contributed by atoms with Gasteiger partial charge in [0.05, 0.1) is 0 Å². The summed E-state index contributed by atoms with van der Waals surface area (Å²) >= 11 is 0. The van der Waals surface area contributed by atoms with Gasteiger partial charge in [-0.15, -0.1) is 0 Å². The summed E-state index contributed by atoms with van der Waals surface area (Å²) in [6.07, 6.45) is -0.628. The van der Waals surface area contributed by atoms with E-state index in [9.17, 15) is 9.59 Å². The van der Waals surface area contributed by atoms with Crippen molar-refractivity contribution >= 4 is 12.0 Å². The van der Waals surface area contributed by atoms with Crippen molar-refractivity contribution in [2.45, 2.75) is 40.0 Å². The lowest BCUT2D eigenvalue weighted by atomic mass is 9.86. The molecule has 27 heavy (non-hydrogen) atoms. The molecular formula is C21H27N3O3. The van der Waals surface area contributed by atoms with E-state index in [1.54, 1.807) is 0 Å². The fraction of sp³-hybridized carbons (Fsp3) is 0.333. The van der Waals surface area contributed by atoms with E-state index in [1.165, 1.54) is 0 Å². The first-order chi connectivity index (χ1) is 12.9. The summed E-state index contributed by atoms with van der Waals surface area (Å²) in [5, 5.41) is 2.66. The average molecular weight is 369 g/mol. The topological polar surface area (TPSA) is 79.5 Å². The van der Waals surface area contributed by atoms with Crippen molar-refractivity contribution in [1.82, 2.24) is 16.2 Å². The van der Waals surface area contributed by atoms with E-state index in [-0.39, 0.29) is 12.5 Å². The van der Waals surface area contributed by atoms with E-state index in [0.717, 1.165) is 11.1 Å². The van der Waals surface area contributed by atoms with Crippen molar-refractivity contribution in [3.8, 4) is 0 Å². The van der Waals surface area contributed by atoms with Gasteiger partial charge in [-0.25, -0.2) is 10.2 Å². The van der Waals surface area contributed by atoms with Gasteiger partial charge < -0.3 is 10.1 Å². The fourth-order valence-corrected chi connectivity index (χ4v) is 2.46. The van der Waals surface area contributed by atoms with E-state index in [1.807, 2.05) is 81.4 Å². The van der Waals surface area contributed by atoms with Crippen molar-refractivity contribution in [3.05, 3.63) is 71.8 Å².